The predicted molar refractivity (Wildman–Crippen MR) is 79.0 cm³/mol. The van der Waals surface area contributed by atoms with Crippen molar-refractivity contribution in [2.24, 2.45) is 0 Å². The largest absolute Gasteiger partial charge is 0.391 e. The molecule has 3 heterocycles. The smallest absolute Gasteiger partial charge is 0.226 e. The Labute approximate surface area is 116 Å². The Morgan fingerprint density at radius 1 is 1.53 bits per heavy atom. The first-order valence-corrected chi connectivity index (χ1v) is 7.58. The first kappa shape index (κ1) is 12.6. The summed E-state index contributed by atoms with van der Waals surface area (Å²) in [6.45, 7) is 4.51. The first-order valence-electron chi connectivity index (χ1n) is 6.70. The van der Waals surface area contributed by atoms with Crippen molar-refractivity contribution in [1.29, 1.82) is 0 Å². The molecule has 1 aliphatic heterocycles. The van der Waals surface area contributed by atoms with Crippen molar-refractivity contribution in [2.45, 2.75) is 25.9 Å². The van der Waals surface area contributed by atoms with Crippen LogP contribution in [0.3, 0.4) is 0 Å². The molecule has 102 valence electrons. The highest BCUT2D eigenvalue weighted by Gasteiger charge is 2.24. The molecule has 1 aliphatic rings. The fourth-order valence-electron chi connectivity index (χ4n) is 2.33. The number of aliphatic hydroxyl groups excluding tert-OH is 1. The van der Waals surface area contributed by atoms with E-state index in [1.54, 1.807) is 11.3 Å². The molecule has 19 heavy (non-hydrogen) atoms. The van der Waals surface area contributed by atoms with Gasteiger partial charge in [0, 0.05) is 19.6 Å². The molecular weight excluding hydrogens is 260 g/mol. The van der Waals surface area contributed by atoms with Gasteiger partial charge in [-0.1, -0.05) is 6.92 Å². The molecule has 1 atom stereocenters. The third kappa shape index (κ3) is 2.50. The van der Waals surface area contributed by atoms with Crippen LogP contribution in [0.25, 0.3) is 10.2 Å². The van der Waals surface area contributed by atoms with Crippen molar-refractivity contribution >= 4 is 33.3 Å². The van der Waals surface area contributed by atoms with Crippen molar-refractivity contribution < 1.29 is 5.11 Å². The van der Waals surface area contributed by atoms with Crippen LogP contribution in [0.1, 0.15) is 19.8 Å². The fraction of sp³-hybridized carbons (Fsp3) is 0.538. The van der Waals surface area contributed by atoms with Crippen LogP contribution in [0.5, 0.6) is 0 Å². The number of fused-ring (bicyclic) bond motifs is 1. The van der Waals surface area contributed by atoms with Crippen molar-refractivity contribution in [3.05, 3.63) is 11.4 Å². The summed E-state index contributed by atoms with van der Waals surface area (Å²) in [6, 6.07) is 2.06. The second-order valence-electron chi connectivity index (χ2n) is 4.83. The molecule has 0 amide bonds. The summed E-state index contributed by atoms with van der Waals surface area (Å²) >= 11 is 1.63. The number of hydrogen-bond donors (Lipinski definition) is 2. The van der Waals surface area contributed by atoms with Crippen molar-refractivity contribution in [3.63, 3.8) is 0 Å². The Balaban J connectivity index is 1.98. The average Bonchev–Trinajstić information content (AvgIpc) is 3.03. The molecule has 0 radical (unpaired) electrons. The van der Waals surface area contributed by atoms with E-state index < -0.39 is 0 Å². The second-order valence-corrected chi connectivity index (χ2v) is 5.72. The van der Waals surface area contributed by atoms with Gasteiger partial charge in [0.1, 0.15) is 10.6 Å². The summed E-state index contributed by atoms with van der Waals surface area (Å²) in [6.07, 6.45) is 1.62. The van der Waals surface area contributed by atoms with Crippen LogP contribution in [0.15, 0.2) is 11.4 Å². The Morgan fingerprint density at radius 3 is 3.16 bits per heavy atom. The van der Waals surface area contributed by atoms with Crippen molar-refractivity contribution in [2.75, 3.05) is 29.9 Å². The van der Waals surface area contributed by atoms with Gasteiger partial charge in [0.2, 0.25) is 5.95 Å². The molecule has 0 aromatic carbocycles. The summed E-state index contributed by atoms with van der Waals surface area (Å²) in [5.74, 6) is 1.63. The fourth-order valence-corrected chi connectivity index (χ4v) is 3.09. The minimum Gasteiger partial charge on any atom is -0.391 e. The molecule has 2 aromatic rings. The van der Waals surface area contributed by atoms with E-state index in [2.05, 4.69) is 33.2 Å². The number of anilines is 2. The zero-order valence-electron chi connectivity index (χ0n) is 11.0. The second kappa shape index (κ2) is 5.30. The van der Waals surface area contributed by atoms with Gasteiger partial charge < -0.3 is 15.3 Å². The Bertz CT molecular complexity index is 571. The minimum absolute atomic E-state index is 0.240. The maximum atomic E-state index is 9.70. The number of nitrogens with zero attached hydrogens (tertiary/aromatic N) is 3. The molecule has 1 saturated heterocycles. The molecule has 0 spiro atoms. The molecule has 0 bridgehead atoms. The lowest BCUT2D eigenvalue weighted by Gasteiger charge is -2.18. The molecule has 6 heteroatoms. The highest BCUT2D eigenvalue weighted by molar-refractivity contribution is 7.16. The van der Waals surface area contributed by atoms with E-state index in [1.165, 1.54) is 0 Å². The van der Waals surface area contributed by atoms with E-state index in [9.17, 15) is 5.11 Å². The zero-order valence-corrected chi connectivity index (χ0v) is 11.8. The molecule has 1 unspecified atom stereocenters. The number of hydrogen-bond acceptors (Lipinski definition) is 6. The van der Waals surface area contributed by atoms with E-state index >= 15 is 0 Å². The molecule has 2 N–H and O–H groups in total. The van der Waals surface area contributed by atoms with Crippen LogP contribution < -0.4 is 10.2 Å². The predicted octanol–water partition coefficient (Wildman–Crippen LogP) is 2.08. The molecular formula is C13H18N4OS. The number of nitrogens with one attached hydrogen (secondary N) is 1. The number of thiophene rings is 1. The zero-order chi connectivity index (χ0) is 13.2. The summed E-state index contributed by atoms with van der Waals surface area (Å²) in [5.41, 5.74) is 0. The van der Waals surface area contributed by atoms with Gasteiger partial charge in [0.15, 0.2) is 0 Å². The standard InChI is InChI=1S/C13H18N4OS/c1-2-5-14-13-15-11(17-6-3-9(18)8-17)10-4-7-19-12(10)16-13/h4,7,9,18H,2-3,5-6,8H2,1H3,(H,14,15,16). The van der Waals surface area contributed by atoms with Gasteiger partial charge in [-0.2, -0.15) is 4.98 Å². The van der Waals surface area contributed by atoms with E-state index in [1.807, 2.05) is 5.38 Å². The quantitative estimate of drug-likeness (QED) is 0.896. The summed E-state index contributed by atoms with van der Waals surface area (Å²) < 4.78 is 0. The first-order chi connectivity index (χ1) is 9.28. The monoisotopic (exact) mass is 278 g/mol. The van der Waals surface area contributed by atoms with Gasteiger partial charge >= 0.3 is 0 Å². The van der Waals surface area contributed by atoms with Crippen molar-refractivity contribution in [3.8, 4) is 0 Å². The molecule has 3 rings (SSSR count). The van der Waals surface area contributed by atoms with Gasteiger partial charge in [-0.15, -0.1) is 11.3 Å². The topological polar surface area (TPSA) is 61.3 Å². The highest BCUT2D eigenvalue weighted by Crippen LogP contribution is 2.31. The van der Waals surface area contributed by atoms with Crippen LogP contribution in [-0.2, 0) is 0 Å². The van der Waals surface area contributed by atoms with Gasteiger partial charge in [-0.05, 0) is 24.3 Å². The van der Waals surface area contributed by atoms with Gasteiger partial charge in [0.05, 0.1) is 11.5 Å². The number of β-amino-alcohol motifs (C(OH)–C–C–N with tert-alkyl or cyclic N) is 1. The van der Waals surface area contributed by atoms with Crippen LogP contribution in [0, 0.1) is 0 Å². The lowest BCUT2D eigenvalue weighted by Crippen LogP contribution is -2.23. The lowest BCUT2D eigenvalue weighted by atomic mass is 10.3. The third-order valence-corrected chi connectivity index (χ3v) is 4.11. The Kier molecular flexibility index (Phi) is 3.52. The van der Waals surface area contributed by atoms with Crippen LogP contribution >= 0.6 is 11.3 Å². The van der Waals surface area contributed by atoms with Crippen LogP contribution in [0.4, 0.5) is 11.8 Å². The average molecular weight is 278 g/mol. The number of aromatic nitrogens is 2. The summed E-state index contributed by atoms with van der Waals surface area (Å²) in [7, 11) is 0. The van der Waals surface area contributed by atoms with Gasteiger partial charge in [0.25, 0.3) is 0 Å². The number of rotatable bonds is 4. The number of aliphatic hydroxyl groups is 1. The normalized spacial score (nSPS) is 19.3. The third-order valence-electron chi connectivity index (χ3n) is 3.30. The van der Waals surface area contributed by atoms with E-state index in [0.717, 1.165) is 42.0 Å². The van der Waals surface area contributed by atoms with E-state index in [4.69, 9.17) is 0 Å². The summed E-state index contributed by atoms with van der Waals surface area (Å²) in [4.78, 5) is 12.3. The minimum atomic E-state index is -0.240. The molecule has 5 nitrogen and oxygen atoms in total. The summed E-state index contributed by atoms with van der Waals surface area (Å²) in [5, 5.41) is 16.1. The molecule has 0 aliphatic carbocycles. The molecule has 1 fully saturated rings. The van der Waals surface area contributed by atoms with E-state index in [0.29, 0.717) is 12.5 Å². The van der Waals surface area contributed by atoms with Gasteiger partial charge in [-0.3, -0.25) is 0 Å². The molecule has 2 aromatic heterocycles. The maximum Gasteiger partial charge on any atom is 0.226 e. The van der Waals surface area contributed by atoms with Crippen LogP contribution in [-0.4, -0.2) is 40.8 Å². The highest BCUT2D eigenvalue weighted by atomic mass is 32.1. The SMILES string of the molecule is CCCNc1nc(N2CCC(O)C2)c2ccsc2n1. The lowest BCUT2D eigenvalue weighted by molar-refractivity contribution is 0.198. The Morgan fingerprint density at radius 2 is 2.42 bits per heavy atom. The van der Waals surface area contributed by atoms with Crippen molar-refractivity contribution in [1.82, 2.24) is 9.97 Å². The maximum absolute atomic E-state index is 9.70. The Hall–Kier alpha value is -1.40. The van der Waals surface area contributed by atoms with E-state index in [-0.39, 0.29) is 6.10 Å². The van der Waals surface area contributed by atoms with Gasteiger partial charge in [-0.25, -0.2) is 4.98 Å². The van der Waals surface area contributed by atoms with Crippen LogP contribution in [0.2, 0.25) is 0 Å². The molecule has 0 saturated carbocycles.